The predicted octanol–water partition coefficient (Wildman–Crippen LogP) is 4.27. The summed E-state index contributed by atoms with van der Waals surface area (Å²) in [6, 6.07) is 5.94. The summed E-state index contributed by atoms with van der Waals surface area (Å²) in [6.07, 6.45) is 11.1. The zero-order valence-electron chi connectivity index (χ0n) is 13.6. The Labute approximate surface area is 133 Å². The van der Waals surface area contributed by atoms with Gasteiger partial charge in [-0.25, -0.2) is 0 Å². The Bertz CT molecular complexity index is 502. The molecule has 1 aliphatic carbocycles. The monoisotopic (exact) mass is 301 g/mol. The maximum absolute atomic E-state index is 12.5. The summed E-state index contributed by atoms with van der Waals surface area (Å²) in [5.41, 5.74) is 1.71. The van der Waals surface area contributed by atoms with Crippen molar-refractivity contribution >= 4 is 5.91 Å². The number of allylic oxidation sites excluding steroid dienone is 1. The Morgan fingerprint density at radius 3 is 2.59 bits per heavy atom. The molecule has 3 heteroatoms. The van der Waals surface area contributed by atoms with E-state index in [0.29, 0.717) is 18.0 Å². The van der Waals surface area contributed by atoms with E-state index < -0.39 is 0 Å². The van der Waals surface area contributed by atoms with E-state index in [2.05, 4.69) is 11.9 Å². The number of methoxy groups -OCH3 is 1. The minimum atomic E-state index is 0.0264. The molecule has 2 rings (SSSR count). The van der Waals surface area contributed by atoms with E-state index in [-0.39, 0.29) is 5.91 Å². The zero-order valence-corrected chi connectivity index (χ0v) is 13.6. The van der Waals surface area contributed by atoms with Gasteiger partial charge in [-0.3, -0.25) is 4.79 Å². The van der Waals surface area contributed by atoms with E-state index in [1.54, 1.807) is 7.11 Å². The molecule has 1 fully saturated rings. The lowest BCUT2D eigenvalue weighted by atomic mass is 9.96. The van der Waals surface area contributed by atoms with Crippen molar-refractivity contribution in [2.45, 2.75) is 57.4 Å². The Balaban J connectivity index is 2.04. The molecule has 0 radical (unpaired) electrons. The first-order valence-corrected chi connectivity index (χ1v) is 8.33. The van der Waals surface area contributed by atoms with Gasteiger partial charge < -0.3 is 10.1 Å². The fraction of sp³-hybridized carbons (Fsp3) is 0.526. The van der Waals surface area contributed by atoms with Gasteiger partial charge in [-0.05, 0) is 43.0 Å². The molecule has 1 aliphatic rings. The van der Waals surface area contributed by atoms with E-state index in [1.807, 2.05) is 24.3 Å². The van der Waals surface area contributed by atoms with Crippen molar-refractivity contribution in [2.75, 3.05) is 7.11 Å². The van der Waals surface area contributed by atoms with Crippen LogP contribution in [0.1, 0.15) is 60.9 Å². The van der Waals surface area contributed by atoms with E-state index in [1.165, 1.54) is 32.1 Å². The maximum atomic E-state index is 12.5. The second-order valence-electron chi connectivity index (χ2n) is 6.03. The van der Waals surface area contributed by atoms with Crippen LogP contribution in [0.2, 0.25) is 0 Å². The second-order valence-corrected chi connectivity index (χ2v) is 6.03. The van der Waals surface area contributed by atoms with Crippen molar-refractivity contribution < 1.29 is 9.53 Å². The van der Waals surface area contributed by atoms with Gasteiger partial charge >= 0.3 is 0 Å². The van der Waals surface area contributed by atoms with Gasteiger partial charge in [0.05, 0.1) is 7.11 Å². The topological polar surface area (TPSA) is 38.3 Å². The van der Waals surface area contributed by atoms with Crippen molar-refractivity contribution in [2.24, 2.45) is 0 Å². The van der Waals surface area contributed by atoms with Gasteiger partial charge in [0, 0.05) is 11.6 Å². The average Bonchev–Trinajstić information content (AvgIpc) is 2.50. The molecule has 0 aliphatic heterocycles. The molecule has 0 saturated heterocycles. The molecule has 1 aromatic rings. The van der Waals surface area contributed by atoms with Gasteiger partial charge in [0.1, 0.15) is 5.75 Å². The van der Waals surface area contributed by atoms with Crippen LogP contribution >= 0.6 is 0 Å². The molecule has 1 aromatic carbocycles. The number of carbonyl (C=O) groups is 1. The van der Waals surface area contributed by atoms with Gasteiger partial charge in [-0.2, -0.15) is 0 Å². The highest BCUT2D eigenvalue weighted by Crippen LogP contribution is 2.22. The van der Waals surface area contributed by atoms with Crippen molar-refractivity contribution in [1.82, 2.24) is 5.32 Å². The van der Waals surface area contributed by atoms with Crippen LogP contribution in [0.15, 0.2) is 30.9 Å². The highest BCUT2D eigenvalue weighted by atomic mass is 16.5. The van der Waals surface area contributed by atoms with Gasteiger partial charge in [0.2, 0.25) is 0 Å². The minimum Gasteiger partial charge on any atom is -0.496 e. The largest absolute Gasteiger partial charge is 0.496 e. The molecule has 0 aromatic heterocycles. The Morgan fingerprint density at radius 2 is 1.95 bits per heavy atom. The van der Waals surface area contributed by atoms with Crippen molar-refractivity contribution in [3.8, 4) is 5.75 Å². The lowest BCUT2D eigenvalue weighted by molar-refractivity contribution is 0.0930. The Hall–Kier alpha value is -1.77. The summed E-state index contributed by atoms with van der Waals surface area (Å²) in [7, 11) is 1.65. The van der Waals surface area contributed by atoms with Crippen LogP contribution in [0, 0.1) is 0 Å². The van der Waals surface area contributed by atoms with E-state index in [0.717, 1.165) is 24.2 Å². The highest BCUT2D eigenvalue weighted by molar-refractivity contribution is 5.94. The predicted molar refractivity (Wildman–Crippen MR) is 90.5 cm³/mol. The van der Waals surface area contributed by atoms with Crippen LogP contribution in [0.3, 0.4) is 0 Å². The van der Waals surface area contributed by atoms with Crippen molar-refractivity contribution in [3.05, 3.63) is 42.0 Å². The second kappa shape index (κ2) is 8.62. The minimum absolute atomic E-state index is 0.0264. The van der Waals surface area contributed by atoms with Crippen LogP contribution in [-0.2, 0) is 6.42 Å². The fourth-order valence-corrected chi connectivity index (χ4v) is 3.10. The van der Waals surface area contributed by atoms with E-state index in [4.69, 9.17) is 4.74 Å². The number of carbonyl (C=O) groups excluding carboxylic acids is 1. The molecule has 1 amide bonds. The van der Waals surface area contributed by atoms with Crippen molar-refractivity contribution in [1.29, 1.82) is 0 Å². The average molecular weight is 301 g/mol. The van der Waals surface area contributed by atoms with Crippen molar-refractivity contribution in [3.63, 3.8) is 0 Å². The number of ether oxygens (including phenoxy) is 1. The molecule has 3 nitrogen and oxygen atoms in total. The number of benzene rings is 1. The first-order chi connectivity index (χ1) is 10.7. The zero-order chi connectivity index (χ0) is 15.8. The van der Waals surface area contributed by atoms with Gasteiger partial charge in [-0.15, -0.1) is 6.58 Å². The molecule has 0 atom stereocenters. The number of hydrogen-bond donors (Lipinski definition) is 1. The van der Waals surface area contributed by atoms with Crippen LogP contribution in [0.5, 0.6) is 5.75 Å². The first kappa shape index (κ1) is 16.6. The third-order valence-electron chi connectivity index (χ3n) is 4.35. The number of nitrogens with one attached hydrogen (secondary N) is 1. The summed E-state index contributed by atoms with van der Waals surface area (Å²) >= 11 is 0. The third-order valence-corrected chi connectivity index (χ3v) is 4.35. The molecule has 0 spiro atoms. The summed E-state index contributed by atoms with van der Waals surface area (Å²) < 4.78 is 5.33. The normalized spacial score (nSPS) is 16.4. The lowest BCUT2D eigenvalue weighted by Gasteiger charge is -2.21. The van der Waals surface area contributed by atoms with Crippen LogP contribution < -0.4 is 10.1 Å². The molecule has 1 N–H and O–H groups in total. The summed E-state index contributed by atoms with van der Waals surface area (Å²) in [5, 5.41) is 3.20. The smallest absolute Gasteiger partial charge is 0.251 e. The molecule has 0 unspecified atom stereocenters. The van der Waals surface area contributed by atoms with E-state index in [9.17, 15) is 4.79 Å². The maximum Gasteiger partial charge on any atom is 0.251 e. The molecular weight excluding hydrogens is 274 g/mol. The third kappa shape index (κ3) is 4.62. The van der Waals surface area contributed by atoms with Gasteiger partial charge in [-0.1, -0.05) is 38.2 Å². The number of amides is 1. The molecule has 0 heterocycles. The summed E-state index contributed by atoms with van der Waals surface area (Å²) in [5.74, 6) is 0.834. The number of rotatable bonds is 5. The molecular formula is C19H27NO2. The summed E-state index contributed by atoms with van der Waals surface area (Å²) in [4.78, 5) is 12.5. The highest BCUT2D eigenvalue weighted by Gasteiger charge is 2.16. The molecule has 0 bridgehead atoms. The van der Waals surface area contributed by atoms with E-state index >= 15 is 0 Å². The molecule has 22 heavy (non-hydrogen) atoms. The van der Waals surface area contributed by atoms with Gasteiger partial charge in [0.25, 0.3) is 5.91 Å². The van der Waals surface area contributed by atoms with Crippen LogP contribution in [0.25, 0.3) is 0 Å². The van der Waals surface area contributed by atoms with Crippen LogP contribution in [0.4, 0.5) is 0 Å². The molecule has 120 valence electrons. The van der Waals surface area contributed by atoms with Gasteiger partial charge in [0.15, 0.2) is 0 Å². The molecule has 1 saturated carbocycles. The number of hydrogen-bond acceptors (Lipinski definition) is 2. The first-order valence-electron chi connectivity index (χ1n) is 8.33. The van der Waals surface area contributed by atoms with Crippen LogP contribution in [-0.4, -0.2) is 19.1 Å². The Kier molecular flexibility index (Phi) is 6.50. The fourth-order valence-electron chi connectivity index (χ4n) is 3.10. The Morgan fingerprint density at radius 1 is 1.27 bits per heavy atom. The lowest BCUT2D eigenvalue weighted by Crippen LogP contribution is -2.35. The summed E-state index contributed by atoms with van der Waals surface area (Å²) in [6.45, 7) is 3.76. The standard InChI is InChI=1S/C19H27NO2/c1-3-9-15-14-16(12-13-18(15)22-2)19(21)20-17-10-7-5-4-6-8-11-17/h3,12-14,17H,1,4-11H2,2H3,(H,20,21). The SMILES string of the molecule is C=CCc1cc(C(=O)NC2CCCCCCC2)ccc1OC. The quantitative estimate of drug-likeness (QED) is 0.825.